The van der Waals surface area contributed by atoms with E-state index in [-0.39, 0.29) is 18.2 Å². The summed E-state index contributed by atoms with van der Waals surface area (Å²) >= 11 is 0. The van der Waals surface area contributed by atoms with Crippen molar-refractivity contribution in [2.75, 3.05) is 7.05 Å². The van der Waals surface area contributed by atoms with Gasteiger partial charge in [-0.3, -0.25) is 0 Å². The minimum atomic E-state index is -0.266. The predicted octanol–water partition coefficient (Wildman–Crippen LogP) is 2.33. The highest BCUT2D eigenvalue weighted by molar-refractivity contribution is 5.85. The van der Waals surface area contributed by atoms with Gasteiger partial charge in [0.1, 0.15) is 5.82 Å². The molecular weight excluding hydrogens is 245 g/mol. The second kappa shape index (κ2) is 5.75. The summed E-state index contributed by atoms with van der Waals surface area (Å²) in [5, 5.41) is 6.68. The summed E-state index contributed by atoms with van der Waals surface area (Å²) in [6, 6.07) is 4.87. The first kappa shape index (κ1) is 13.6. The number of aryl methyl sites for hydroxylation is 1. The van der Waals surface area contributed by atoms with Crippen molar-refractivity contribution >= 4 is 12.4 Å². The van der Waals surface area contributed by atoms with Gasteiger partial charge in [0.15, 0.2) is 0 Å². The van der Waals surface area contributed by atoms with Crippen molar-refractivity contribution in [3.8, 4) is 11.4 Å². The molecule has 1 aromatic heterocycles. The molecule has 1 N–H and O–H groups in total. The molecule has 0 aliphatic carbocycles. The lowest BCUT2D eigenvalue weighted by Crippen LogP contribution is -2.04. The molecule has 0 aliphatic heterocycles. The summed E-state index contributed by atoms with van der Waals surface area (Å²) in [6.07, 6.45) is 0. The Balaban J connectivity index is 0.00000144. The Kier molecular flexibility index (Phi) is 4.60. The fourth-order valence-electron chi connectivity index (χ4n) is 1.33. The van der Waals surface area contributed by atoms with Gasteiger partial charge in [0, 0.05) is 5.56 Å². The maximum Gasteiger partial charge on any atom is 0.240 e. The monoisotopic (exact) mass is 257 g/mol. The van der Waals surface area contributed by atoms with Crippen LogP contribution in [0.4, 0.5) is 4.39 Å². The number of nitrogens with one attached hydrogen (secondary N) is 1. The Morgan fingerprint density at radius 2 is 2.18 bits per heavy atom. The summed E-state index contributed by atoms with van der Waals surface area (Å²) < 4.78 is 18.3. The van der Waals surface area contributed by atoms with Gasteiger partial charge in [-0.2, -0.15) is 4.98 Å². The number of aromatic nitrogens is 2. The smallest absolute Gasteiger partial charge is 0.240 e. The molecule has 1 aromatic carbocycles. The summed E-state index contributed by atoms with van der Waals surface area (Å²) in [6.45, 7) is 2.21. The van der Waals surface area contributed by atoms with Crippen LogP contribution in [0.1, 0.15) is 11.5 Å². The van der Waals surface area contributed by atoms with Crippen molar-refractivity contribution in [2.24, 2.45) is 0 Å². The summed E-state index contributed by atoms with van der Waals surface area (Å²) in [4.78, 5) is 4.13. The van der Waals surface area contributed by atoms with Gasteiger partial charge in [0.25, 0.3) is 0 Å². The molecule has 0 radical (unpaired) electrons. The molecule has 0 unspecified atom stereocenters. The average molecular weight is 258 g/mol. The van der Waals surface area contributed by atoms with Gasteiger partial charge in [-0.25, -0.2) is 4.39 Å². The Labute approximate surface area is 105 Å². The van der Waals surface area contributed by atoms with Gasteiger partial charge in [0.05, 0.1) is 6.54 Å². The molecule has 2 rings (SSSR count). The maximum absolute atomic E-state index is 13.3. The van der Waals surface area contributed by atoms with Crippen LogP contribution in [0.25, 0.3) is 11.4 Å². The molecule has 1 heterocycles. The minimum absolute atomic E-state index is 0. The lowest BCUT2D eigenvalue weighted by Gasteiger charge is -1.97. The zero-order chi connectivity index (χ0) is 11.5. The van der Waals surface area contributed by atoms with Crippen molar-refractivity contribution in [3.63, 3.8) is 0 Å². The first-order valence-corrected chi connectivity index (χ1v) is 4.94. The van der Waals surface area contributed by atoms with Gasteiger partial charge in [-0.15, -0.1) is 12.4 Å². The van der Waals surface area contributed by atoms with Crippen LogP contribution in [-0.4, -0.2) is 17.2 Å². The molecule has 0 atom stereocenters. The van der Waals surface area contributed by atoms with Gasteiger partial charge in [-0.1, -0.05) is 17.3 Å². The molecule has 17 heavy (non-hydrogen) atoms. The quantitative estimate of drug-likeness (QED) is 0.917. The number of hydrogen-bond acceptors (Lipinski definition) is 4. The van der Waals surface area contributed by atoms with E-state index in [1.807, 2.05) is 0 Å². The van der Waals surface area contributed by atoms with E-state index in [2.05, 4.69) is 15.5 Å². The predicted molar refractivity (Wildman–Crippen MR) is 64.4 cm³/mol. The molecule has 4 nitrogen and oxygen atoms in total. The highest BCUT2D eigenvalue weighted by Crippen LogP contribution is 2.18. The van der Waals surface area contributed by atoms with E-state index < -0.39 is 0 Å². The summed E-state index contributed by atoms with van der Waals surface area (Å²) in [5.74, 6) is 0.625. The van der Waals surface area contributed by atoms with E-state index in [0.29, 0.717) is 29.4 Å². The molecule has 2 aromatic rings. The standard InChI is InChI=1S/C11H12FN3O.ClH/c1-7-3-4-8(5-9(7)12)11-14-10(6-13-2)16-15-11;/h3-5,13H,6H2,1-2H3;1H. The molecule has 92 valence electrons. The second-order valence-electron chi connectivity index (χ2n) is 3.51. The Morgan fingerprint density at radius 1 is 1.41 bits per heavy atom. The molecule has 0 spiro atoms. The third-order valence-corrected chi connectivity index (χ3v) is 2.23. The number of halogens is 2. The highest BCUT2D eigenvalue weighted by atomic mass is 35.5. The van der Waals surface area contributed by atoms with Crippen molar-refractivity contribution in [3.05, 3.63) is 35.5 Å². The van der Waals surface area contributed by atoms with E-state index in [1.54, 1.807) is 26.1 Å². The molecule has 0 aliphatic rings. The number of nitrogens with zero attached hydrogens (tertiary/aromatic N) is 2. The third kappa shape index (κ3) is 3.01. The van der Waals surface area contributed by atoms with Crippen LogP contribution in [0.3, 0.4) is 0 Å². The zero-order valence-electron chi connectivity index (χ0n) is 9.53. The topological polar surface area (TPSA) is 51.0 Å². The van der Waals surface area contributed by atoms with Crippen molar-refractivity contribution in [1.82, 2.24) is 15.5 Å². The Hall–Kier alpha value is -1.46. The van der Waals surface area contributed by atoms with Crippen LogP contribution < -0.4 is 5.32 Å². The fourth-order valence-corrected chi connectivity index (χ4v) is 1.33. The van der Waals surface area contributed by atoms with Crippen LogP contribution in [0.5, 0.6) is 0 Å². The Morgan fingerprint density at radius 3 is 2.82 bits per heavy atom. The van der Waals surface area contributed by atoms with Crippen LogP contribution in [0.15, 0.2) is 22.7 Å². The molecule has 0 fully saturated rings. The SMILES string of the molecule is CNCc1nc(-c2ccc(C)c(F)c2)no1.Cl. The molecular formula is C11H13ClFN3O. The highest BCUT2D eigenvalue weighted by Gasteiger charge is 2.09. The van der Waals surface area contributed by atoms with Crippen LogP contribution in [0, 0.1) is 12.7 Å². The lowest BCUT2D eigenvalue weighted by molar-refractivity contribution is 0.372. The largest absolute Gasteiger partial charge is 0.338 e. The van der Waals surface area contributed by atoms with Gasteiger partial charge < -0.3 is 9.84 Å². The van der Waals surface area contributed by atoms with Gasteiger partial charge in [-0.05, 0) is 25.6 Å². The molecule has 0 bridgehead atoms. The van der Waals surface area contributed by atoms with E-state index in [0.717, 1.165) is 0 Å². The van der Waals surface area contributed by atoms with E-state index in [4.69, 9.17) is 4.52 Å². The number of rotatable bonds is 3. The van der Waals surface area contributed by atoms with Crippen molar-refractivity contribution in [1.29, 1.82) is 0 Å². The minimum Gasteiger partial charge on any atom is -0.338 e. The van der Waals surface area contributed by atoms with Crippen molar-refractivity contribution < 1.29 is 8.91 Å². The Bertz CT molecular complexity index is 501. The number of hydrogen-bond donors (Lipinski definition) is 1. The third-order valence-electron chi connectivity index (χ3n) is 2.23. The zero-order valence-corrected chi connectivity index (χ0v) is 10.3. The van der Waals surface area contributed by atoms with E-state index in [1.165, 1.54) is 6.07 Å². The summed E-state index contributed by atoms with van der Waals surface area (Å²) in [5.41, 5.74) is 1.22. The van der Waals surface area contributed by atoms with Gasteiger partial charge >= 0.3 is 0 Å². The summed E-state index contributed by atoms with van der Waals surface area (Å²) in [7, 11) is 1.79. The number of benzene rings is 1. The van der Waals surface area contributed by atoms with Crippen LogP contribution in [-0.2, 0) is 6.54 Å². The molecule has 0 saturated carbocycles. The van der Waals surface area contributed by atoms with E-state index in [9.17, 15) is 4.39 Å². The molecule has 0 amide bonds. The second-order valence-corrected chi connectivity index (χ2v) is 3.51. The maximum atomic E-state index is 13.3. The molecule has 0 saturated heterocycles. The van der Waals surface area contributed by atoms with Crippen LogP contribution in [0.2, 0.25) is 0 Å². The normalized spacial score (nSPS) is 10.1. The first-order valence-electron chi connectivity index (χ1n) is 4.94. The molecule has 6 heteroatoms. The van der Waals surface area contributed by atoms with Gasteiger partial charge in [0.2, 0.25) is 11.7 Å². The van der Waals surface area contributed by atoms with Crippen molar-refractivity contribution in [2.45, 2.75) is 13.5 Å². The fraction of sp³-hybridized carbons (Fsp3) is 0.273. The first-order chi connectivity index (χ1) is 7.70. The van der Waals surface area contributed by atoms with E-state index >= 15 is 0 Å². The average Bonchev–Trinajstić information content (AvgIpc) is 2.71. The van der Waals surface area contributed by atoms with Crippen LogP contribution >= 0.6 is 12.4 Å². The lowest BCUT2D eigenvalue weighted by atomic mass is 10.1.